The molecule has 1 aromatic carbocycles. The standard InChI is InChI=1S/C11H16BrNOS/c1-11(2,3)15(14)13-8-9-5-4-6-10(12)7-9/h4-7,13H,8H2,1-3H3. The second-order valence-electron chi connectivity index (χ2n) is 4.33. The Morgan fingerprint density at radius 2 is 2.07 bits per heavy atom. The Kier molecular flexibility index (Phi) is 4.64. The summed E-state index contributed by atoms with van der Waals surface area (Å²) in [6.07, 6.45) is 0. The quantitative estimate of drug-likeness (QED) is 0.869. The molecule has 0 spiro atoms. The summed E-state index contributed by atoms with van der Waals surface area (Å²) in [7, 11) is 0. The van der Waals surface area contributed by atoms with Gasteiger partial charge in [0.25, 0.3) is 0 Å². The van der Waals surface area contributed by atoms with Crippen LogP contribution in [0.25, 0.3) is 0 Å². The van der Waals surface area contributed by atoms with Crippen LogP contribution in [0.15, 0.2) is 28.7 Å². The van der Waals surface area contributed by atoms with Crippen molar-refractivity contribution in [2.45, 2.75) is 32.1 Å². The maximum Gasteiger partial charge on any atom is 0.136 e. The number of hydrogen-bond donors (Lipinski definition) is 1. The predicted molar refractivity (Wildman–Crippen MR) is 68.9 cm³/mol. The van der Waals surface area contributed by atoms with E-state index >= 15 is 0 Å². The Morgan fingerprint density at radius 1 is 1.40 bits per heavy atom. The molecule has 0 fully saturated rings. The molecule has 2 nitrogen and oxygen atoms in total. The zero-order valence-electron chi connectivity index (χ0n) is 9.21. The lowest BCUT2D eigenvalue weighted by molar-refractivity contribution is 0.544. The molecule has 1 atom stereocenters. The lowest BCUT2D eigenvalue weighted by Crippen LogP contribution is -2.38. The molecule has 1 unspecified atom stereocenters. The number of hydrogen-bond acceptors (Lipinski definition) is 2. The minimum absolute atomic E-state index is 0.216. The maximum absolute atomic E-state index is 11.7. The van der Waals surface area contributed by atoms with Gasteiger partial charge in [-0.1, -0.05) is 28.1 Å². The molecule has 1 N–H and O–H groups in total. The zero-order valence-corrected chi connectivity index (χ0v) is 11.6. The van der Waals surface area contributed by atoms with Crippen molar-refractivity contribution < 1.29 is 4.55 Å². The fourth-order valence-electron chi connectivity index (χ4n) is 1.01. The first kappa shape index (κ1) is 13.0. The number of halogens is 1. The van der Waals surface area contributed by atoms with Crippen LogP contribution in [0.2, 0.25) is 0 Å². The minimum Gasteiger partial charge on any atom is -0.598 e. The molecule has 1 rings (SSSR count). The Bertz CT molecular complexity index is 325. The average molecular weight is 290 g/mol. The largest absolute Gasteiger partial charge is 0.598 e. The topological polar surface area (TPSA) is 35.1 Å². The van der Waals surface area contributed by atoms with Crippen molar-refractivity contribution in [3.63, 3.8) is 0 Å². The molecule has 0 saturated carbocycles. The van der Waals surface area contributed by atoms with Crippen LogP contribution in [0.1, 0.15) is 26.3 Å². The van der Waals surface area contributed by atoms with E-state index in [0.717, 1.165) is 10.0 Å². The highest BCUT2D eigenvalue weighted by molar-refractivity contribution is 9.10. The highest BCUT2D eigenvalue weighted by Crippen LogP contribution is 2.15. The van der Waals surface area contributed by atoms with Crippen LogP contribution in [0.4, 0.5) is 0 Å². The first-order valence-electron chi connectivity index (χ1n) is 4.79. The maximum atomic E-state index is 11.7. The molecule has 0 aliphatic heterocycles. The summed E-state index contributed by atoms with van der Waals surface area (Å²) < 4.78 is 15.6. The highest BCUT2D eigenvalue weighted by atomic mass is 79.9. The van der Waals surface area contributed by atoms with Crippen LogP contribution in [0.5, 0.6) is 0 Å². The zero-order chi connectivity index (χ0) is 11.5. The molecule has 15 heavy (non-hydrogen) atoms. The second kappa shape index (κ2) is 5.34. The van der Waals surface area contributed by atoms with E-state index in [0.29, 0.717) is 6.54 Å². The van der Waals surface area contributed by atoms with Crippen molar-refractivity contribution >= 4 is 27.3 Å². The van der Waals surface area contributed by atoms with Crippen LogP contribution in [-0.2, 0) is 17.9 Å². The van der Waals surface area contributed by atoms with Crippen molar-refractivity contribution in [1.29, 1.82) is 0 Å². The number of benzene rings is 1. The van der Waals surface area contributed by atoms with Gasteiger partial charge in [-0.3, -0.25) is 0 Å². The van der Waals surface area contributed by atoms with Gasteiger partial charge in [-0.25, -0.2) is 0 Å². The summed E-state index contributed by atoms with van der Waals surface area (Å²) in [6, 6.07) is 7.98. The fraction of sp³-hybridized carbons (Fsp3) is 0.455. The summed E-state index contributed by atoms with van der Waals surface area (Å²) in [5.41, 5.74) is 1.13. The van der Waals surface area contributed by atoms with Crippen LogP contribution < -0.4 is 4.72 Å². The first-order valence-corrected chi connectivity index (χ1v) is 6.74. The van der Waals surface area contributed by atoms with E-state index in [9.17, 15) is 4.55 Å². The van der Waals surface area contributed by atoms with Gasteiger partial charge in [0.2, 0.25) is 0 Å². The summed E-state index contributed by atoms with van der Waals surface area (Å²) in [5, 5.41) is 0. The second-order valence-corrected chi connectivity index (χ2v) is 7.30. The van der Waals surface area contributed by atoms with Gasteiger partial charge in [0.15, 0.2) is 0 Å². The highest BCUT2D eigenvalue weighted by Gasteiger charge is 2.25. The molecule has 0 aliphatic carbocycles. The van der Waals surface area contributed by atoms with E-state index in [4.69, 9.17) is 0 Å². The molecular weight excluding hydrogens is 274 g/mol. The summed E-state index contributed by atoms with van der Waals surface area (Å²) in [6.45, 7) is 6.49. The molecule has 0 radical (unpaired) electrons. The van der Waals surface area contributed by atoms with E-state index in [2.05, 4.69) is 20.7 Å². The van der Waals surface area contributed by atoms with Gasteiger partial charge in [0.05, 0.1) is 6.54 Å². The lowest BCUT2D eigenvalue weighted by Gasteiger charge is -2.23. The molecular formula is C11H16BrNOS. The molecule has 0 saturated heterocycles. The van der Waals surface area contributed by atoms with E-state index < -0.39 is 11.4 Å². The Hall–Kier alpha value is -0.0300. The summed E-state index contributed by atoms with van der Waals surface area (Å²) in [5.74, 6) is 0. The van der Waals surface area contributed by atoms with Crippen LogP contribution in [-0.4, -0.2) is 9.30 Å². The van der Waals surface area contributed by atoms with Gasteiger partial charge in [-0.05, 0) is 38.5 Å². The van der Waals surface area contributed by atoms with Crippen molar-refractivity contribution in [3.05, 3.63) is 34.3 Å². The lowest BCUT2D eigenvalue weighted by atomic mass is 10.2. The van der Waals surface area contributed by atoms with E-state index in [1.54, 1.807) is 0 Å². The van der Waals surface area contributed by atoms with Crippen LogP contribution in [0, 0.1) is 0 Å². The van der Waals surface area contributed by atoms with Gasteiger partial charge in [0, 0.05) is 15.8 Å². The Morgan fingerprint density at radius 3 is 2.60 bits per heavy atom. The molecule has 4 heteroatoms. The van der Waals surface area contributed by atoms with E-state index in [1.807, 2.05) is 45.0 Å². The molecule has 0 bridgehead atoms. The Labute approximate surface area is 103 Å². The molecule has 84 valence electrons. The fourth-order valence-corrected chi connectivity index (χ4v) is 2.19. The van der Waals surface area contributed by atoms with Gasteiger partial charge in [-0.2, -0.15) is 0 Å². The van der Waals surface area contributed by atoms with Gasteiger partial charge < -0.3 is 4.55 Å². The molecule has 0 amide bonds. The normalized spacial score (nSPS) is 13.9. The third kappa shape index (κ3) is 4.55. The van der Waals surface area contributed by atoms with Gasteiger partial charge in [0.1, 0.15) is 4.75 Å². The molecule has 0 aromatic heterocycles. The first-order chi connectivity index (χ1) is 6.89. The molecule has 0 heterocycles. The third-order valence-electron chi connectivity index (χ3n) is 1.85. The monoisotopic (exact) mass is 289 g/mol. The predicted octanol–water partition coefficient (Wildman–Crippen LogP) is 3.00. The summed E-state index contributed by atoms with van der Waals surface area (Å²) >= 11 is 2.40. The van der Waals surface area contributed by atoms with Gasteiger partial charge in [-0.15, -0.1) is 4.72 Å². The number of nitrogens with one attached hydrogen (secondary N) is 1. The van der Waals surface area contributed by atoms with Crippen molar-refractivity contribution in [1.82, 2.24) is 4.72 Å². The average Bonchev–Trinajstić information content (AvgIpc) is 2.12. The molecule has 0 aliphatic rings. The molecule has 1 aromatic rings. The van der Waals surface area contributed by atoms with Crippen molar-refractivity contribution in [3.8, 4) is 0 Å². The SMILES string of the molecule is CC(C)(C)[S+]([O-])NCc1cccc(Br)c1. The van der Waals surface area contributed by atoms with Crippen molar-refractivity contribution in [2.24, 2.45) is 0 Å². The van der Waals surface area contributed by atoms with Crippen LogP contribution >= 0.6 is 15.9 Å². The smallest absolute Gasteiger partial charge is 0.136 e. The van der Waals surface area contributed by atoms with Gasteiger partial charge >= 0.3 is 0 Å². The van der Waals surface area contributed by atoms with Crippen molar-refractivity contribution in [2.75, 3.05) is 0 Å². The Balaban J connectivity index is 2.51. The van der Waals surface area contributed by atoms with E-state index in [1.165, 1.54) is 0 Å². The minimum atomic E-state index is -1.01. The van der Waals surface area contributed by atoms with Crippen LogP contribution in [0.3, 0.4) is 0 Å². The summed E-state index contributed by atoms with van der Waals surface area (Å²) in [4.78, 5) is 0. The number of rotatable bonds is 3. The third-order valence-corrected chi connectivity index (χ3v) is 3.86. The van der Waals surface area contributed by atoms with E-state index in [-0.39, 0.29) is 4.75 Å².